The van der Waals surface area contributed by atoms with E-state index in [1.165, 1.54) is 19.2 Å². The van der Waals surface area contributed by atoms with Crippen molar-refractivity contribution >= 4 is 11.6 Å². The van der Waals surface area contributed by atoms with Gasteiger partial charge in [-0.25, -0.2) is 13.2 Å². The van der Waals surface area contributed by atoms with E-state index in [0.717, 1.165) is 23.1 Å². The van der Waals surface area contributed by atoms with E-state index in [1.54, 1.807) is 6.07 Å². The largest absolute Gasteiger partial charge is 0.494 e. The van der Waals surface area contributed by atoms with E-state index < -0.39 is 23.4 Å². The topological polar surface area (TPSA) is 68.5 Å². The Morgan fingerprint density at radius 3 is 2.71 bits per heavy atom. The average molecular weight is 389 g/mol. The normalized spacial score (nSPS) is 16.6. The lowest BCUT2D eigenvalue weighted by Gasteiger charge is -2.16. The average Bonchev–Trinajstić information content (AvgIpc) is 3.30. The van der Waals surface area contributed by atoms with Crippen LogP contribution in [0.5, 0.6) is 5.75 Å². The fourth-order valence-electron chi connectivity index (χ4n) is 3.12. The Hall–Kier alpha value is -3.36. The number of amides is 1. The van der Waals surface area contributed by atoms with Crippen molar-refractivity contribution in [1.82, 2.24) is 10.1 Å². The molecule has 144 valence electrons. The number of carbonyl (C=O) groups is 1. The molecule has 1 amide bonds. The Morgan fingerprint density at radius 1 is 1.14 bits per heavy atom. The number of ether oxygens (including phenoxy) is 1. The number of aromatic nitrogens is 2. The second kappa shape index (κ2) is 6.99. The predicted molar refractivity (Wildman–Crippen MR) is 92.3 cm³/mol. The summed E-state index contributed by atoms with van der Waals surface area (Å²) in [5, 5.41) is 3.82. The van der Waals surface area contributed by atoms with Gasteiger partial charge in [-0.05, 0) is 30.3 Å². The van der Waals surface area contributed by atoms with Gasteiger partial charge in [0.1, 0.15) is 11.6 Å². The van der Waals surface area contributed by atoms with Gasteiger partial charge in [-0.15, -0.1) is 0 Å². The summed E-state index contributed by atoms with van der Waals surface area (Å²) in [5.74, 6) is -2.39. The number of hydrogen-bond donors (Lipinski definition) is 0. The highest BCUT2D eigenvalue weighted by Gasteiger charge is 2.36. The van der Waals surface area contributed by atoms with Gasteiger partial charge in [0.05, 0.1) is 18.7 Å². The second-order valence-electron chi connectivity index (χ2n) is 6.31. The summed E-state index contributed by atoms with van der Waals surface area (Å²) in [6, 6.07) is 7.14. The maximum Gasteiger partial charge on any atom is 0.232 e. The fraction of sp³-hybridized carbons (Fsp3) is 0.211. The van der Waals surface area contributed by atoms with Crippen molar-refractivity contribution in [3.05, 3.63) is 59.7 Å². The SMILES string of the molecule is COc1ccc(-c2noc(C3CC(=O)N(c4cc(F)ccc4F)C3)n2)cc1F. The zero-order valence-electron chi connectivity index (χ0n) is 14.7. The molecule has 1 fully saturated rings. The van der Waals surface area contributed by atoms with Crippen LogP contribution in [0.25, 0.3) is 11.4 Å². The second-order valence-corrected chi connectivity index (χ2v) is 6.31. The Balaban J connectivity index is 1.57. The minimum atomic E-state index is -0.699. The molecule has 9 heteroatoms. The van der Waals surface area contributed by atoms with Gasteiger partial charge in [0.25, 0.3) is 0 Å². The summed E-state index contributed by atoms with van der Waals surface area (Å²) in [6.45, 7) is 0.0673. The third-order valence-corrected chi connectivity index (χ3v) is 4.52. The Bertz CT molecular complexity index is 1050. The molecule has 1 aliphatic heterocycles. The summed E-state index contributed by atoms with van der Waals surface area (Å²) < 4.78 is 51.4. The first-order valence-electron chi connectivity index (χ1n) is 8.39. The van der Waals surface area contributed by atoms with Crippen molar-refractivity contribution in [2.45, 2.75) is 12.3 Å². The quantitative estimate of drug-likeness (QED) is 0.681. The predicted octanol–water partition coefficient (Wildman–Crippen LogP) is 3.68. The van der Waals surface area contributed by atoms with Crippen LogP contribution in [-0.4, -0.2) is 29.7 Å². The lowest BCUT2D eigenvalue weighted by Crippen LogP contribution is -2.25. The third-order valence-electron chi connectivity index (χ3n) is 4.52. The first kappa shape index (κ1) is 18.0. The molecule has 28 heavy (non-hydrogen) atoms. The van der Waals surface area contributed by atoms with E-state index in [9.17, 15) is 18.0 Å². The van der Waals surface area contributed by atoms with Crippen LogP contribution in [0.15, 0.2) is 40.9 Å². The fourth-order valence-corrected chi connectivity index (χ4v) is 3.12. The van der Waals surface area contributed by atoms with Gasteiger partial charge in [-0.2, -0.15) is 4.98 Å². The van der Waals surface area contributed by atoms with Crippen LogP contribution in [0.2, 0.25) is 0 Å². The molecule has 0 saturated carbocycles. The number of anilines is 1. The molecular weight excluding hydrogens is 375 g/mol. The van der Waals surface area contributed by atoms with E-state index in [4.69, 9.17) is 9.26 Å². The van der Waals surface area contributed by atoms with Gasteiger partial charge in [-0.3, -0.25) is 4.79 Å². The Kier molecular flexibility index (Phi) is 4.50. The number of methoxy groups -OCH3 is 1. The smallest absolute Gasteiger partial charge is 0.232 e. The number of rotatable bonds is 4. The summed E-state index contributed by atoms with van der Waals surface area (Å²) in [7, 11) is 1.36. The lowest BCUT2D eigenvalue weighted by atomic mass is 10.1. The van der Waals surface area contributed by atoms with Gasteiger partial charge < -0.3 is 14.2 Å². The molecule has 3 aromatic rings. The van der Waals surface area contributed by atoms with Crippen LogP contribution in [0.4, 0.5) is 18.9 Å². The van der Waals surface area contributed by atoms with E-state index in [1.807, 2.05) is 0 Å². The molecule has 2 heterocycles. The summed E-state index contributed by atoms with van der Waals surface area (Å²) in [5.41, 5.74) is 0.245. The molecular formula is C19H14F3N3O3. The Morgan fingerprint density at radius 2 is 1.96 bits per heavy atom. The number of benzene rings is 2. The highest BCUT2D eigenvalue weighted by molar-refractivity contribution is 5.96. The van der Waals surface area contributed by atoms with Crippen molar-refractivity contribution < 1.29 is 27.2 Å². The molecule has 1 atom stereocenters. The van der Waals surface area contributed by atoms with E-state index >= 15 is 0 Å². The van der Waals surface area contributed by atoms with E-state index in [2.05, 4.69) is 10.1 Å². The van der Waals surface area contributed by atoms with Gasteiger partial charge in [-0.1, -0.05) is 5.16 Å². The van der Waals surface area contributed by atoms with Crippen molar-refractivity contribution in [2.75, 3.05) is 18.6 Å². The molecule has 1 unspecified atom stereocenters. The summed E-state index contributed by atoms with van der Waals surface area (Å²) in [4.78, 5) is 17.7. The minimum absolute atomic E-state index is 0.00849. The maximum atomic E-state index is 14.0. The van der Waals surface area contributed by atoms with Gasteiger partial charge in [0.15, 0.2) is 11.6 Å². The molecule has 2 aromatic carbocycles. The molecule has 0 radical (unpaired) electrons. The number of carbonyl (C=O) groups excluding carboxylic acids is 1. The van der Waals surface area contributed by atoms with E-state index in [0.29, 0.717) is 5.56 Å². The first-order valence-corrected chi connectivity index (χ1v) is 8.39. The van der Waals surface area contributed by atoms with Crippen LogP contribution in [-0.2, 0) is 4.79 Å². The number of nitrogens with zero attached hydrogens (tertiary/aromatic N) is 3. The summed E-state index contributed by atoms with van der Waals surface area (Å²) >= 11 is 0. The molecule has 1 aromatic heterocycles. The van der Waals surface area contributed by atoms with Crippen LogP contribution in [0.3, 0.4) is 0 Å². The van der Waals surface area contributed by atoms with Crippen LogP contribution >= 0.6 is 0 Å². The van der Waals surface area contributed by atoms with Gasteiger partial charge in [0, 0.05) is 24.6 Å². The molecule has 0 spiro atoms. The van der Waals surface area contributed by atoms with Gasteiger partial charge >= 0.3 is 0 Å². The highest BCUT2D eigenvalue weighted by Crippen LogP contribution is 2.33. The van der Waals surface area contributed by atoms with Crippen molar-refractivity contribution in [3.8, 4) is 17.1 Å². The lowest BCUT2D eigenvalue weighted by molar-refractivity contribution is -0.117. The monoisotopic (exact) mass is 389 g/mol. The molecule has 1 saturated heterocycles. The molecule has 4 rings (SSSR count). The van der Waals surface area contributed by atoms with Crippen LogP contribution < -0.4 is 9.64 Å². The van der Waals surface area contributed by atoms with Crippen molar-refractivity contribution in [3.63, 3.8) is 0 Å². The third kappa shape index (κ3) is 3.19. The van der Waals surface area contributed by atoms with Gasteiger partial charge in [0.2, 0.25) is 17.6 Å². The molecule has 6 nitrogen and oxygen atoms in total. The molecule has 0 aliphatic carbocycles. The number of hydrogen-bond acceptors (Lipinski definition) is 5. The van der Waals surface area contributed by atoms with Crippen LogP contribution in [0.1, 0.15) is 18.2 Å². The standard InChI is InChI=1S/C19H14F3N3O3/c1-27-16-5-2-10(6-14(16)22)18-23-19(28-24-18)11-7-17(26)25(9-11)15-8-12(20)3-4-13(15)21/h2-6,8,11H,7,9H2,1H3. The van der Waals surface area contributed by atoms with E-state index in [-0.39, 0.29) is 42.0 Å². The molecule has 0 bridgehead atoms. The zero-order valence-corrected chi connectivity index (χ0v) is 14.7. The number of halogens is 3. The summed E-state index contributed by atoms with van der Waals surface area (Å²) in [6.07, 6.45) is 0.00849. The Labute approximate surface area is 157 Å². The highest BCUT2D eigenvalue weighted by atomic mass is 19.1. The van der Waals surface area contributed by atoms with Crippen LogP contribution in [0, 0.1) is 17.5 Å². The minimum Gasteiger partial charge on any atom is -0.494 e. The maximum absolute atomic E-state index is 14.0. The molecule has 1 aliphatic rings. The first-order chi connectivity index (χ1) is 13.5. The van der Waals surface area contributed by atoms with Crippen molar-refractivity contribution in [1.29, 1.82) is 0 Å². The zero-order chi connectivity index (χ0) is 19.8. The molecule has 0 N–H and O–H groups in total. The van der Waals surface area contributed by atoms with Crippen molar-refractivity contribution in [2.24, 2.45) is 0 Å².